The second-order valence-electron chi connectivity index (χ2n) is 6.62. The molecule has 29 heavy (non-hydrogen) atoms. The fraction of sp³-hybridized carbons (Fsp3) is 0.130. The van der Waals surface area contributed by atoms with Crippen molar-refractivity contribution >= 4 is 28.4 Å². The van der Waals surface area contributed by atoms with Gasteiger partial charge in [-0.3, -0.25) is 9.48 Å². The smallest absolute Gasteiger partial charge is 0.242 e. The lowest BCUT2D eigenvalue weighted by atomic mass is 10.1. The number of amides is 1. The third-order valence-corrected chi connectivity index (χ3v) is 4.96. The van der Waals surface area contributed by atoms with Crippen molar-refractivity contribution in [1.29, 1.82) is 0 Å². The van der Waals surface area contributed by atoms with Crippen molar-refractivity contribution in [2.24, 2.45) is 0 Å². The quantitative estimate of drug-likeness (QED) is 0.506. The van der Waals surface area contributed by atoms with Gasteiger partial charge in [0.15, 0.2) is 0 Å². The molecule has 0 unspecified atom stereocenters. The van der Waals surface area contributed by atoms with Crippen LogP contribution in [0, 0.1) is 0 Å². The average Bonchev–Trinajstić information content (AvgIpc) is 3.10. The van der Waals surface area contributed by atoms with E-state index in [9.17, 15) is 4.79 Å². The Bertz CT molecular complexity index is 1160. The topological polar surface area (TPSA) is 56.1 Å². The van der Waals surface area contributed by atoms with Crippen LogP contribution in [0.15, 0.2) is 72.8 Å². The number of benzene rings is 3. The number of para-hydroxylation sites is 1. The lowest BCUT2D eigenvalue weighted by Crippen LogP contribution is -2.27. The second-order valence-corrected chi connectivity index (χ2v) is 7.06. The molecule has 0 saturated carbocycles. The Hall–Kier alpha value is -3.31. The van der Waals surface area contributed by atoms with Gasteiger partial charge in [-0.25, -0.2) is 0 Å². The summed E-state index contributed by atoms with van der Waals surface area (Å²) in [7, 11) is 1.62. The highest BCUT2D eigenvalue weighted by Gasteiger charge is 2.15. The first kappa shape index (κ1) is 19.0. The molecule has 4 aromatic rings. The van der Waals surface area contributed by atoms with Gasteiger partial charge in [0.05, 0.1) is 12.6 Å². The molecule has 0 radical (unpaired) electrons. The Balaban J connectivity index is 1.58. The zero-order chi connectivity index (χ0) is 20.2. The van der Waals surface area contributed by atoms with Crippen molar-refractivity contribution in [3.8, 4) is 17.0 Å². The molecule has 0 aliphatic heterocycles. The predicted molar refractivity (Wildman–Crippen MR) is 115 cm³/mol. The summed E-state index contributed by atoms with van der Waals surface area (Å²) in [6, 6.07) is 23.1. The highest BCUT2D eigenvalue weighted by molar-refractivity contribution is 6.31. The van der Waals surface area contributed by atoms with E-state index >= 15 is 0 Å². The Morgan fingerprint density at radius 3 is 2.62 bits per heavy atom. The van der Waals surface area contributed by atoms with Crippen LogP contribution in [0.3, 0.4) is 0 Å². The maximum absolute atomic E-state index is 12.6. The lowest BCUT2D eigenvalue weighted by Gasteiger charge is -2.10. The molecule has 0 bridgehead atoms. The Kier molecular flexibility index (Phi) is 5.49. The van der Waals surface area contributed by atoms with E-state index in [1.807, 2.05) is 72.8 Å². The van der Waals surface area contributed by atoms with Gasteiger partial charge < -0.3 is 10.1 Å². The van der Waals surface area contributed by atoms with Gasteiger partial charge in [0.1, 0.15) is 18.0 Å². The molecule has 4 rings (SSSR count). The SMILES string of the molecule is COc1ccccc1CNC(=O)Cn1nc(-c2ccccc2)c2cc(Cl)ccc21. The highest BCUT2D eigenvalue weighted by atomic mass is 35.5. The summed E-state index contributed by atoms with van der Waals surface area (Å²) in [6.07, 6.45) is 0. The van der Waals surface area contributed by atoms with Crippen molar-refractivity contribution in [2.75, 3.05) is 7.11 Å². The van der Waals surface area contributed by atoms with Crippen LogP contribution in [-0.2, 0) is 17.9 Å². The van der Waals surface area contributed by atoms with Crippen LogP contribution >= 0.6 is 11.6 Å². The number of methoxy groups -OCH3 is 1. The van der Waals surface area contributed by atoms with Crippen LogP contribution in [-0.4, -0.2) is 22.8 Å². The number of carbonyl (C=O) groups is 1. The molecule has 3 aromatic carbocycles. The van der Waals surface area contributed by atoms with Crippen molar-refractivity contribution < 1.29 is 9.53 Å². The summed E-state index contributed by atoms with van der Waals surface area (Å²) < 4.78 is 7.05. The van der Waals surface area contributed by atoms with Crippen LogP contribution in [0.2, 0.25) is 5.02 Å². The van der Waals surface area contributed by atoms with Crippen molar-refractivity contribution in [3.63, 3.8) is 0 Å². The number of hydrogen-bond acceptors (Lipinski definition) is 3. The number of nitrogens with zero attached hydrogens (tertiary/aromatic N) is 2. The number of carbonyl (C=O) groups excluding carboxylic acids is 1. The number of ether oxygens (including phenoxy) is 1. The van der Waals surface area contributed by atoms with Crippen LogP contribution in [0.1, 0.15) is 5.56 Å². The Morgan fingerprint density at radius 1 is 1.07 bits per heavy atom. The Labute approximate surface area is 173 Å². The molecular formula is C23H20ClN3O2. The van der Waals surface area contributed by atoms with Gasteiger partial charge in [-0.05, 0) is 24.3 Å². The van der Waals surface area contributed by atoms with Crippen molar-refractivity contribution in [2.45, 2.75) is 13.1 Å². The van der Waals surface area contributed by atoms with Crippen LogP contribution < -0.4 is 10.1 Å². The average molecular weight is 406 g/mol. The van der Waals surface area contributed by atoms with Crippen molar-refractivity contribution in [1.82, 2.24) is 15.1 Å². The fourth-order valence-corrected chi connectivity index (χ4v) is 3.49. The molecule has 0 spiro atoms. The van der Waals surface area contributed by atoms with Gasteiger partial charge in [-0.2, -0.15) is 5.10 Å². The molecule has 146 valence electrons. The first-order valence-electron chi connectivity index (χ1n) is 9.26. The number of rotatable bonds is 6. The molecule has 0 fully saturated rings. The second kappa shape index (κ2) is 8.37. The standard InChI is InChI=1S/C23H20ClN3O2/c1-29-21-10-6-5-9-17(21)14-25-22(28)15-27-20-12-11-18(24)13-19(20)23(26-27)16-7-3-2-4-8-16/h2-13H,14-15H2,1H3,(H,25,28). The summed E-state index contributed by atoms with van der Waals surface area (Å²) in [4.78, 5) is 12.6. The number of halogens is 1. The number of nitrogens with one attached hydrogen (secondary N) is 1. The molecule has 6 heteroatoms. The largest absolute Gasteiger partial charge is 0.496 e. The minimum atomic E-state index is -0.130. The van der Waals surface area contributed by atoms with E-state index in [1.165, 1.54) is 0 Å². The van der Waals surface area contributed by atoms with Gasteiger partial charge in [0.2, 0.25) is 5.91 Å². The number of aromatic nitrogens is 2. The summed E-state index contributed by atoms with van der Waals surface area (Å²) in [5.74, 6) is 0.619. The maximum Gasteiger partial charge on any atom is 0.242 e. The molecule has 1 N–H and O–H groups in total. The van der Waals surface area contributed by atoms with Gasteiger partial charge in [-0.15, -0.1) is 0 Å². The van der Waals surface area contributed by atoms with Gasteiger partial charge >= 0.3 is 0 Å². The van der Waals surface area contributed by atoms with E-state index in [2.05, 4.69) is 5.32 Å². The van der Waals surface area contributed by atoms with E-state index in [-0.39, 0.29) is 12.5 Å². The van der Waals surface area contributed by atoms with E-state index in [4.69, 9.17) is 21.4 Å². The molecule has 1 aromatic heterocycles. The third kappa shape index (κ3) is 4.10. The van der Waals surface area contributed by atoms with Gasteiger partial charge in [0, 0.05) is 28.1 Å². The summed E-state index contributed by atoms with van der Waals surface area (Å²) >= 11 is 6.21. The number of fused-ring (bicyclic) bond motifs is 1. The molecule has 0 saturated heterocycles. The molecule has 0 aliphatic carbocycles. The molecular weight excluding hydrogens is 386 g/mol. The third-order valence-electron chi connectivity index (χ3n) is 4.72. The van der Waals surface area contributed by atoms with Gasteiger partial charge in [-0.1, -0.05) is 60.1 Å². The molecule has 1 amide bonds. The molecule has 0 atom stereocenters. The van der Waals surface area contributed by atoms with Crippen LogP contribution in [0.5, 0.6) is 5.75 Å². The number of hydrogen-bond donors (Lipinski definition) is 1. The minimum absolute atomic E-state index is 0.111. The highest BCUT2D eigenvalue weighted by Crippen LogP contribution is 2.30. The molecule has 5 nitrogen and oxygen atoms in total. The predicted octanol–water partition coefficient (Wildman–Crippen LogP) is 4.68. The zero-order valence-corrected chi connectivity index (χ0v) is 16.7. The minimum Gasteiger partial charge on any atom is -0.496 e. The van der Waals surface area contributed by atoms with E-state index < -0.39 is 0 Å². The van der Waals surface area contributed by atoms with Crippen LogP contribution in [0.4, 0.5) is 0 Å². The Morgan fingerprint density at radius 2 is 1.83 bits per heavy atom. The summed E-state index contributed by atoms with van der Waals surface area (Å²) in [5.41, 5.74) is 3.57. The van der Waals surface area contributed by atoms with E-state index in [0.717, 1.165) is 33.5 Å². The molecule has 0 aliphatic rings. The lowest BCUT2D eigenvalue weighted by molar-refractivity contribution is -0.121. The van der Waals surface area contributed by atoms with E-state index in [0.29, 0.717) is 11.6 Å². The van der Waals surface area contributed by atoms with E-state index in [1.54, 1.807) is 11.8 Å². The summed E-state index contributed by atoms with van der Waals surface area (Å²) in [5, 5.41) is 9.20. The normalized spacial score (nSPS) is 10.8. The fourth-order valence-electron chi connectivity index (χ4n) is 3.32. The zero-order valence-electron chi connectivity index (χ0n) is 15.9. The monoisotopic (exact) mass is 405 g/mol. The first-order chi connectivity index (χ1) is 14.2. The summed E-state index contributed by atoms with van der Waals surface area (Å²) in [6.45, 7) is 0.500. The van der Waals surface area contributed by atoms with Crippen LogP contribution in [0.25, 0.3) is 22.2 Å². The molecule has 1 heterocycles. The van der Waals surface area contributed by atoms with Crippen molar-refractivity contribution in [3.05, 3.63) is 83.4 Å². The van der Waals surface area contributed by atoms with Gasteiger partial charge in [0.25, 0.3) is 0 Å². The first-order valence-corrected chi connectivity index (χ1v) is 9.63. The maximum atomic E-state index is 12.6.